The molecule has 0 fully saturated rings. The number of amides is 3. The highest BCUT2D eigenvalue weighted by Gasteiger charge is 2.22. The van der Waals surface area contributed by atoms with Gasteiger partial charge in [-0.15, -0.1) is 0 Å². The molecule has 0 saturated carbocycles. The lowest BCUT2D eigenvalue weighted by Gasteiger charge is -2.19. The van der Waals surface area contributed by atoms with Gasteiger partial charge in [-0.25, -0.2) is 0 Å². The molecular weight excluding hydrogens is 426 g/mol. The van der Waals surface area contributed by atoms with Crippen LogP contribution in [0.3, 0.4) is 0 Å². The van der Waals surface area contributed by atoms with Gasteiger partial charge in [0, 0.05) is 16.6 Å². The third kappa shape index (κ3) is 5.13. The Labute approximate surface area is 198 Å². The van der Waals surface area contributed by atoms with E-state index >= 15 is 0 Å². The molecule has 3 amide bonds. The minimum atomic E-state index is -0.746. The molecular formula is C28H25N3O3. The summed E-state index contributed by atoms with van der Waals surface area (Å²) < 4.78 is 0. The van der Waals surface area contributed by atoms with Gasteiger partial charge in [0.25, 0.3) is 11.8 Å². The van der Waals surface area contributed by atoms with Crippen LogP contribution in [0.1, 0.15) is 34.1 Å². The van der Waals surface area contributed by atoms with Crippen molar-refractivity contribution in [2.45, 2.75) is 19.4 Å². The Morgan fingerprint density at radius 2 is 1.32 bits per heavy atom. The van der Waals surface area contributed by atoms with Gasteiger partial charge in [-0.3, -0.25) is 14.4 Å². The summed E-state index contributed by atoms with van der Waals surface area (Å²) in [6.07, 6.45) is 0.404. The maximum Gasteiger partial charge on any atom is 0.255 e. The van der Waals surface area contributed by atoms with E-state index in [0.717, 1.165) is 10.8 Å². The van der Waals surface area contributed by atoms with Crippen LogP contribution in [-0.2, 0) is 4.79 Å². The van der Waals surface area contributed by atoms with Gasteiger partial charge in [-0.1, -0.05) is 73.7 Å². The van der Waals surface area contributed by atoms with Gasteiger partial charge in [0.2, 0.25) is 5.91 Å². The maximum absolute atomic E-state index is 13.1. The molecule has 0 aromatic heterocycles. The summed E-state index contributed by atoms with van der Waals surface area (Å²) >= 11 is 0. The van der Waals surface area contributed by atoms with E-state index in [-0.39, 0.29) is 17.4 Å². The van der Waals surface area contributed by atoms with E-state index in [2.05, 4.69) is 16.0 Å². The summed E-state index contributed by atoms with van der Waals surface area (Å²) in [7, 11) is 0. The summed E-state index contributed by atoms with van der Waals surface area (Å²) in [5.74, 6) is -1.07. The molecule has 6 heteroatoms. The third-order valence-electron chi connectivity index (χ3n) is 5.53. The maximum atomic E-state index is 13.1. The minimum absolute atomic E-state index is 0.281. The Hall–Kier alpha value is -4.45. The van der Waals surface area contributed by atoms with Crippen molar-refractivity contribution in [3.05, 3.63) is 108 Å². The van der Waals surface area contributed by atoms with E-state index in [9.17, 15) is 14.4 Å². The first-order valence-corrected chi connectivity index (χ1v) is 11.1. The molecule has 1 atom stereocenters. The molecule has 1 unspecified atom stereocenters. The Bertz CT molecular complexity index is 1330. The number of rotatable bonds is 7. The van der Waals surface area contributed by atoms with E-state index in [4.69, 9.17) is 0 Å². The second-order valence-electron chi connectivity index (χ2n) is 7.82. The second kappa shape index (κ2) is 10.4. The fourth-order valence-corrected chi connectivity index (χ4v) is 3.72. The molecule has 0 aliphatic rings. The third-order valence-corrected chi connectivity index (χ3v) is 5.53. The molecule has 0 radical (unpaired) electrons. The number of fused-ring (bicyclic) bond motifs is 1. The second-order valence-corrected chi connectivity index (χ2v) is 7.82. The highest BCUT2D eigenvalue weighted by atomic mass is 16.2. The summed E-state index contributed by atoms with van der Waals surface area (Å²) in [6.45, 7) is 1.83. The number of carbonyl (C=O) groups is 3. The lowest BCUT2D eigenvalue weighted by molar-refractivity contribution is -0.118. The fraction of sp³-hybridized carbons (Fsp3) is 0.107. The van der Waals surface area contributed by atoms with Gasteiger partial charge >= 0.3 is 0 Å². The topological polar surface area (TPSA) is 87.3 Å². The lowest BCUT2D eigenvalue weighted by atomic mass is 10.1. The first-order valence-electron chi connectivity index (χ1n) is 11.1. The quantitative estimate of drug-likeness (QED) is 0.359. The molecule has 0 saturated heterocycles. The monoisotopic (exact) mass is 451 g/mol. The Kier molecular flexibility index (Phi) is 6.98. The molecule has 4 rings (SSSR count). The summed E-state index contributed by atoms with van der Waals surface area (Å²) in [6, 6.07) is 28.2. The number of hydrogen-bond acceptors (Lipinski definition) is 3. The zero-order valence-electron chi connectivity index (χ0n) is 18.7. The normalized spacial score (nSPS) is 11.4. The first-order chi connectivity index (χ1) is 16.6. The van der Waals surface area contributed by atoms with Crippen molar-refractivity contribution in [3.8, 4) is 0 Å². The zero-order chi connectivity index (χ0) is 23.9. The predicted molar refractivity (Wildman–Crippen MR) is 135 cm³/mol. The average Bonchev–Trinajstić information content (AvgIpc) is 2.88. The number of para-hydroxylation sites is 1. The lowest BCUT2D eigenvalue weighted by Crippen LogP contribution is -2.43. The van der Waals surface area contributed by atoms with Crippen LogP contribution in [0.2, 0.25) is 0 Å². The number of benzene rings is 4. The SMILES string of the molecule is CCC(NC(=O)c1ccccc1NC(=O)c1ccccc1)C(=O)Nc1cccc2ccccc12. The molecule has 3 N–H and O–H groups in total. The van der Waals surface area contributed by atoms with Gasteiger partial charge in [-0.2, -0.15) is 0 Å². The van der Waals surface area contributed by atoms with Gasteiger partial charge in [0.05, 0.1) is 11.3 Å². The van der Waals surface area contributed by atoms with Crippen molar-refractivity contribution in [2.24, 2.45) is 0 Å². The van der Waals surface area contributed by atoms with Crippen molar-refractivity contribution >= 4 is 39.9 Å². The largest absolute Gasteiger partial charge is 0.340 e. The van der Waals surface area contributed by atoms with E-state index < -0.39 is 11.9 Å². The zero-order valence-corrected chi connectivity index (χ0v) is 18.7. The van der Waals surface area contributed by atoms with Crippen molar-refractivity contribution in [1.82, 2.24) is 5.32 Å². The highest BCUT2D eigenvalue weighted by molar-refractivity contribution is 6.10. The van der Waals surface area contributed by atoms with Crippen LogP contribution in [0, 0.1) is 0 Å². The summed E-state index contributed by atoms with van der Waals surface area (Å²) in [5.41, 5.74) is 1.83. The summed E-state index contributed by atoms with van der Waals surface area (Å²) in [5, 5.41) is 10.5. The van der Waals surface area contributed by atoms with Crippen molar-refractivity contribution in [2.75, 3.05) is 10.6 Å². The molecule has 4 aromatic carbocycles. The Morgan fingerprint density at radius 1 is 0.676 bits per heavy atom. The molecule has 4 aromatic rings. The first kappa shape index (κ1) is 22.7. The van der Waals surface area contributed by atoms with E-state index in [1.165, 1.54) is 0 Å². The van der Waals surface area contributed by atoms with Gasteiger partial charge in [0.15, 0.2) is 0 Å². The average molecular weight is 452 g/mol. The van der Waals surface area contributed by atoms with Gasteiger partial charge in [0.1, 0.15) is 6.04 Å². The van der Waals surface area contributed by atoms with Crippen LogP contribution in [0.5, 0.6) is 0 Å². The molecule has 0 aliphatic heterocycles. The highest BCUT2D eigenvalue weighted by Crippen LogP contribution is 2.23. The molecule has 0 spiro atoms. The van der Waals surface area contributed by atoms with Gasteiger partial charge in [-0.05, 0) is 42.1 Å². The van der Waals surface area contributed by atoms with Crippen molar-refractivity contribution in [1.29, 1.82) is 0 Å². The van der Waals surface area contributed by atoms with Crippen LogP contribution in [-0.4, -0.2) is 23.8 Å². The van der Waals surface area contributed by atoms with Gasteiger partial charge < -0.3 is 16.0 Å². The number of anilines is 2. The van der Waals surface area contributed by atoms with Crippen LogP contribution >= 0.6 is 0 Å². The van der Waals surface area contributed by atoms with E-state index in [1.54, 1.807) is 48.5 Å². The number of nitrogens with one attached hydrogen (secondary N) is 3. The van der Waals surface area contributed by atoms with Crippen LogP contribution < -0.4 is 16.0 Å². The molecule has 6 nitrogen and oxygen atoms in total. The van der Waals surface area contributed by atoms with Crippen LogP contribution in [0.25, 0.3) is 10.8 Å². The van der Waals surface area contributed by atoms with Crippen LogP contribution in [0.4, 0.5) is 11.4 Å². The van der Waals surface area contributed by atoms with Crippen LogP contribution in [0.15, 0.2) is 97.1 Å². The molecule has 170 valence electrons. The minimum Gasteiger partial charge on any atom is -0.340 e. The Balaban J connectivity index is 1.49. The molecule has 34 heavy (non-hydrogen) atoms. The van der Waals surface area contributed by atoms with E-state index in [1.807, 2.05) is 55.5 Å². The van der Waals surface area contributed by atoms with Crippen molar-refractivity contribution in [3.63, 3.8) is 0 Å². The molecule has 0 bridgehead atoms. The predicted octanol–water partition coefficient (Wildman–Crippen LogP) is 5.24. The van der Waals surface area contributed by atoms with Crippen molar-refractivity contribution < 1.29 is 14.4 Å². The number of hydrogen-bond donors (Lipinski definition) is 3. The number of carbonyl (C=O) groups excluding carboxylic acids is 3. The standard InChI is InChI=1S/C28H25N3O3/c1-2-23(28(34)31-24-18-10-14-19-11-6-7-15-21(19)24)29-27(33)22-16-8-9-17-25(22)30-26(32)20-12-4-3-5-13-20/h3-18,23H,2H2,1H3,(H,29,33)(H,30,32)(H,31,34). The van der Waals surface area contributed by atoms with E-state index in [0.29, 0.717) is 23.4 Å². The Morgan fingerprint density at radius 3 is 2.12 bits per heavy atom. The smallest absolute Gasteiger partial charge is 0.255 e. The molecule has 0 heterocycles. The molecule has 0 aliphatic carbocycles. The summed E-state index contributed by atoms with van der Waals surface area (Å²) in [4.78, 5) is 38.7. The fourth-order valence-electron chi connectivity index (χ4n) is 3.72.